The van der Waals surface area contributed by atoms with E-state index >= 15 is 0 Å². The van der Waals surface area contributed by atoms with Crippen molar-refractivity contribution in [3.63, 3.8) is 0 Å². The van der Waals surface area contributed by atoms with Crippen molar-refractivity contribution in [2.75, 3.05) is 13.2 Å². The van der Waals surface area contributed by atoms with Crippen LogP contribution in [0.5, 0.6) is 11.5 Å². The fraction of sp³-hybridized carbons (Fsp3) is 0.333. The minimum atomic E-state index is -0.0731. The van der Waals surface area contributed by atoms with E-state index in [4.69, 9.17) is 19.0 Å². The van der Waals surface area contributed by atoms with Crippen molar-refractivity contribution in [2.24, 2.45) is 0 Å². The van der Waals surface area contributed by atoms with Crippen molar-refractivity contribution in [3.05, 3.63) is 47.9 Å². The van der Waals surface area contributed by atoms with E-state index in [-0.39, 0.29) is 12.7 Å². The van der Waals surface area contributed by atoms with Gasteiger partial charge in [0.15, 0.2) is 11.5 Å². The van der Waals surface area contributed by atoms with Crippen LogP contribution in [0.2, 0.25) is 0 Å². The van der Waals surface area contributed by atoms with Gasteiger partial charge in [-0.3, -0.25) is 0 Å². The molecule has 0 aliphatic carbocycles. The Morgan fingerprint density at radius 2 is 1.90 bits per heavy atom. The first-order chi connectivity index (χ1) is 9.85. The topological polar surface area (TPSA) is 63.9 Å². The van der Waals surface area contributed by atoms with Crippen LogP contribution in [0.15, 0.2) is 40.8 Å². The van der Waals surface area contributed by atoms with E-state index in [1.165, 1.54) is 0 Å². The molecule has 5 heteroatoms. The van der Waals surface area contributed by atoms with Crippen molar-refractivity contribution in [3.8, 4) is 11.5 Å². The SMILES string of the molecule is OCc1ccc(CNCC2COc3ccccc3O2)o1. The zero-order valence-electron chi connectivity index (χ0n) is 11.0. The molecular weight excluding hydrogens is 258 g/mol. The van der Waals surface area contributed by atoms with Crippen molar-refractivity contribution in [1.82, 2.24) is 5.32 Å². The van der Waals surface area contributed by atoms with Crippen LogP contribution < -0.4 is 14.8 Å². The van der Waals surface area contributed by atoms with E-state index in [0.717, 1.165) is 17.3 Å². The van der Waals surface area contributed by atoms with Gasteiger partial charge >= 0.3 is 0 Å². The lowest BCUT2D eigenvalue weighted by atomic mass is 10.2. The van der Waals surface area contributed by atoms with E-state index in [0.29, 0.717) is 25.5 Å². The van der Waals surface area contributed by atoms with E-state index in [1.807, 2.05) is 30.3 Å². The summed E-state index contributed by atoms with van der Waals surface area (Å²) in [5, 5.41) is 12.2. The van der Waals surface area contributed by atoms with E-state index in [2.05, 4.69) is 5.32 Å². The van der Waals surface area contributed by atoms with Gasteiger partial charge in [0.2, 0.25) is 0 Å². The number of fused-ring (bicyclic) bond motifs is 1. The van der Waals surface area contributed by atoms with E-state index < -0.39 is 0 Å². The van der Waals surface area contributed by atoms with Crippen LogP contribution in [0, 0.1) is 0 Å². The Morgan fingerprint density at radius 3 is 2.70 bits per heavy atom. The summed E-state index contributed by atoms with van der Waals surface area (Å²) in [6.07, 6.45) is -0.0165. The summed E-state index contributed by atoms with van der Waals surface area (Å²) in [6, 6.07) is 11.3. The molecule has 5 nitrogen and oxygen atoms in total. The van der Waals surface area contributed by atoms with Gasteiger partial charge in [0.25, 0.3) is 0 Å². The molecule has 0 saturated carbocycles. The molecule has 1 aromatic carbocycles. The summed E-state index contributed by atoms with van der Waals surface area (Å²) in [6.45, 7) is 1.73. The Balaban J connectivity index is 1.48. The first-order valence-electron chi connectivity index (χ1n) is 6.63. The molecule has 1 unspecified atom stereocenters. The van der Waals surface area contributed by atoms with Crippen LogP contribution >= 0.6 is 0 Å². The number of para-hydroxylation sites is 2. The highest BCUT2D eigenvalue weighted by molar-refractivity contribution is 5.40. The fourth-order valence-electron chi connectivity index (χ4n) is 2.12. The number of hydrogen-bond acceptors (Lipinski definition) is 5. The van der Waals surface area contributed by atoms with Crippen LogP contribution in [-0.4, -0.2) is 24.4 Å². The third-order valence-corrected chi connectivity index (χ3v) is 3.11. The molecule has 1 aromatic heterocycles. The summed E-state index contributed by atoms with van der Waals surface area (Å²) < 4.78 is 16.9. The molecule has 0 bridgehead atoms. The molecule has 2 N–H and O–H groups in total. The normalized spacial score (nSPS) is 17.1. The Kier molecular flexibility index (Phi) is 3.90. The number of aliphatic hydroxyl groups excluding tert-OH is 1. The second-order valence-electron chi connectivity index (χ2n) is 4.65. The van der Waals surface area contributed by atoms with Gasteiger partial charge in [-0.25, -0.2) is 0 Å². The Labute approximate surface area is 117 Å². The smallest absolute Gasteiger partial charge is 0.161 e. The molecule has 2 heterocycles. The highest BCUT2D eigenvalue weighted by Gasteiger charge is 2.20. The predicted octanol–water partition coefficient (Wildman–Crippen LogP) is 1.70. The number of hydrogen-bond donors (Lipinski definition) is 2. The second-order valence-corrected chi connectivity index (χ2v) is 4.65. The van der Waals surface area contributed by atoms with Crippen LogP contribution in [0.25, 0.3) is 0 Å². The summed E-state index contributed by atoms with van der Waals surface area (Å²) in [5.41, 5.74) is 0. The van der Waals surface area contributed by atoms with Crippen LogP contribution in [0.3, 0.4) is 0 Å². The van der Waals surface area contributed by atoms with Crippen molar-refractivity contribution < 1.29 is 19.0 Å². The van der Waals surface area contributed by atoms with Gasteiger partial charge in [0, 0.05) is 6.54 Å². The van der Waals surface area contributed by atoms with Crippen LogP contribution in [0.1, 0.15) is 11.5 Å². The van der Waals surface area contributed by atoms with Gasteiger partial charge in [-0.15, -0.1) is 0 Å². The lowest BCUT2D eigenvalue weighted by molar-refractivity contribution is 0.0898. The third kappa shape index (κ3) is 2.95. The number of benzene rings is 1. The molecule has 0 radical (unpaired) electrons. The average molecular weight is 275 g/mol. The maximum Gasteiger partial charge on any atom is 0.161 e. The number of aliphatic hydroxyl groups is 1. The number of nitrogens with one attached hydrogen (secondary N) is 1. The molecule has 0 fully saturated rings. The molecular formula is C15H17NO4. The molecule has 1 atom stereocenters. The molecule has 1 aliphatic heterocycles. The van der Waals surface area contributed by atoms with Gasteiger partial charge in [0.1, 0.15) is 30.8 Å². The molecule has 1 aliphatic rings. The highest BCUT2D eigenvalue weighted by atomic mass is 16.6. The molecule has 106 valence electrons. The quantitative estimate of drug-likeness (QED) is 0.869. The standard InChI is InChI=1S/C15H17NO4/c17-9-12-6-5-11(19-12)7-16-8-13-10-18-14-3-1-2-4-15(14)20-13/h1-6,13,16-17H,7-10H2. The maximum absolute atomic E-state index is 8.92. The first kappa shape index (κ1) is 13.0. The predicted molar refractivity (Wildman–Crippen MR) is 72.7 cm³/mol. The zero-order chi connectivity index (χ0) is 13.8. The van der Waals surface area contributed by atoms with Crippen molar-refractivity contribution >= 4 is 0 Å². The average Bonchev–Trinajstić information content (AvgIpc) is 2.95. The van der Waals surface area contributed by atoms with E-state index in [1.54, 1.807) is 6.07 Å². The summed E-state index contributed by atoms with van der Waals surface area (Å²) in [4.78, 5) is 0. The Bertz CT molecular complexity index is 567. The lowest BCUT2D eigenvalue weighted by Gasteiger charge is -2.26. The summed E-state index contributed by atoms with van der Waals surface area (Å²) >= 11 is 0. The molecule has 3 rings (SSSR count). The monoisotopic (exact) mass is 275 g/mol. The molecule has 0 saturated heterocycles. The Hall–Kier alpha value is -1.98. The van der Waals surface area contributed by atoms with Crippen LogP contribution in [0.4, 0.5) is 0 Å². The van der Waals surface area contributed by atoms with Gasteiger partial charge in [-0.1, -0.05) is 12.1 Å². The molecule has 20 heavy (non-hydrogen) atoms. The lowest BCUT2D eigenvalue weighted by Crippen LogP contribution is -2.38. The number of furan rings is 1. The number of ether oxygens (including phenoxy) is 2. The largest absolute Gasteiger partial charge is 0.486 e. The third-order valence-electron chi connectivity index (χ3n) is 3.11. The molecule has 0 amide bonds. The molecule has 0 spiro atoms. The van der Waals surface area contributed by atoms with Gasteiger partial charge in [-0.2, -0.15) is 0 Å². The highest BCUT2D eigenvalue weighted by Crippen LogP contribution is 2.30. The summed E-state index contributed by atoms with van der Waals surface area (Å²) in [7, 11) is 0. The van der Waals surface area contributed by atoms with Gasteiger partial charge < -0.3 is 24.3 Å². The Morgan fingerprint density at radius 1 is 1.10 bits per heavy atom. The number of rotatable bonds is 5. The van der Waals surface area contributed by atoms with Gasteiger partial charge in [0.05, 0.1) is 6.54 Å². The van der Waals surface area contributed by atoms with Crippen molar-refractivity contribution in [1.29, 1.82) is 0 Å². The van der Waals surface area contributed by atoms with Gasteiger partial charge in [-0.05, 0) is 24.3 Å². The van der Waals surface area contributed by atoms with E-state index in [9.17, 15) is 0 Å². The second kappa shape index (κ2) is 5.98. The fourth-order valence-corrected chi connectivity index (χ4v) is 2.12. The summed E-state index contributed by atoms with van der Waals surface area (Å²) in [5.74, 6) is 2.95. The molecule has 2 aromatic rings. The van der Waals surface area contributed by atoms with Crippen LogP contribution in [-0.2, 0) is 13.2 Å². The maximum atomic E-state index is 8.92. The first-order valence-corrected chi connectivity index (χ1v) is 6.63. The van der Waals surface area contributed by atoms with Crippen molar-refractivity contribution in [2.45, 2.75) is 19.3 Å². The minimum Gasteiger partial charge on any atom is -0.486 e. The zero-order valence-corrected chi connectivity index (χ0v) is 11.0. The minimum absolute atomic E-state index is 0.0165.